The summed E-state index contributed by atoms with van der Waals surface area (Å²) in [5, 5.41) is 18.2. The number of benzene rings is 1. The lowest BCUT2D eigenvalue weighted by Crippen LogP contribution is -2.15. The van der Waals surface area contributed by atoms with Gasteiger partial charge in [-0.25, -0.2) is 0 Å². The minimum atomic E-state index is -2.03. The van der Waals surface area contributed by atoms with Gasteiger partial charge in [0.15, 0.2) is 0 Å². The number of aliphatic hydroxyl groups is 1. The normalized spacial score (nSPS) is 16.8. The fraction of sp³-hybridized carbons (Fsp3) is 0.682. The molecule has 1 aromatic carbocycles. The Bertz CT molecular complexity index is 667. The third kappa shape index (κ3) is 7.98. The fourth-order valence-electron chi connectivity index (χ4n) is 4.23. The van der Waals surface area contributed by atoms with E-state index in [-0.39, 0.29) is 6.16 Å². The highest BCUT2D eigenvalue weighted by molar-refractivity contribution is 7.39. The third-order valence-electron chi connectivity index (χ3n) is 5.52. The van der Waals surface area contributed by atoms with Crippen LogP contribution < -0.4 is 0 Å². The average molecular weight is 409 g/mol. The Morgan fingerprint density at radius 2 is 1.96 bits per heavy atom. The van der Waals surface area contributed by atoms with E-state index >= 15 is 0 Å². The van der Waals surface area contributed by atoms with Crippen molar-refractivity contribution in [3.05, 3.63) is 34.4 Å². The van der Waals surface area contributed by atoms with E-state index in [1.165, 1.54) is 54.4 Å². The zero-order valence-corrected chi connectivity index (χ0v) is 18.0. The van der Waals surface area contributed by atoms with Crippen molar-refractivity contribution in [2.24, 2.45) is 5.92 Å². The second kappa shape index (κ2) is 11.6. The van der Waals surface area contributed by atoms with E-state index in [4.69, 9.17) is 9.63 Å². The maximum absolute atomic E-state index is 11.9. The van der Waals surface area contributed by atoms with Crippen molar-refractivity contribution < 1.29 is 24.1 Å². The number of rotatable bonds is 11. The number of carbonyl (C=O) groups is 1. The molecule has 2 atom stereocenters. The highest BCUT2D eigenvalue weighted by Gasteiger charge is 2.25. The quantitative estimate of drug-likeness (QED) is 0.399. The molecule has 2 N–H and O–H groups in total. The van der Waals surface area contributed by atoms with Crippen molar-refractivity contribution in [1.29, 1.82) is 0 Å². The van der Waals surface area contributed by atoms with Crippen LogP contribution in [0.1, 0.15) is 67.2 Å². The molecule has 0 aromatic heterocycles. The van der Waals surface area contributed by atoms with Crippen molar-refractivity contribution in [3.8, 4) is 0 Å². The fourth-order valence-corrected chi connectivity index (χ4v) is 5.15. The molecule has 0 radical (unpaired) electrons. The Balaban J connectivity index is 1.85. The van der Waals surface area contributed by atoms with E-state index in [1.807, 2.05) is 0 Å². The van der Waals surface area contributed by atoms with Crippen LogP contribution in [-0.2, 0) is 26.7 Å². The van der Waals surface area contributed by atoms with Gasteiger partial charge in [-0.3, -0.25) is 4.79 Å². The van der Waals surface area contributed by atoms with Gasteiger partial charge < -0.3 is 10.2 Å². The molecule has 2 unspecified atom stereocenters. The Hall–Kier alpha value is -1.29. The van der Waals surface area contributed by atoms with Gasteiger partial charge in [0.05, 0.1) is 6.42 Å². The van der Waals surface area contributed by atoms with Crippen molar-refractivity contribution in [2.75, 3.05) is 12.8 Å². The van der Waals surface area contributed by atoms with Crippen molar-refractivity contribution >= 4 is 14.0 Å². The first-order chi connectivity index (χ1) is 13.3. The molecule has 1 aromatic rings. The summed E-state index contributed by atoms with van der Waals surface area (Å²) in [6, 6.07) is 4.55. The number of carboxylic acid groups (broad SMARTS) is 1. The Kier molecular flexibility index (Phi) is 9.57. The van der Waals surface area contributed by atoms with Gasteiger partial charge in [0.25, 0.3) is 0 Å². The smallest absolute Gasteiger partial charge is 0.481 e. The molecule has 28 heavy (non-hydrogen) atoms. The van der Waals surface area contributed by atoms with Crippen LogP contribution in [0.5, 0.6) is 0 Å². The lowest BCUT2D eigenvalue weighted by molar-refractivity contribution is -0.138. The standard InChI is InChI=1S/C22H33O5P/c1-16-11-17(2)21(19(12-16)13-18-7-4-3-5-8-18)9-6-10-27-28(26)15-20(23)14-22(24)25/h11-12,18,20,23H,3-10,13-15H2,1-2H3/p+1. The molecule has 1 saturated carbocycles. The summed E-state index contributed by atoms with van der Waals surface area (Å²) in [7, 11) is -2.03. The molecule has 156 valence electrons. The maximum atomic E-state index is 11.9. The van der Waals surface area contributed by atoms with E-state index in [2.05, 4.69) is 26.0 Å². The van der Waals surface area contributed by atoms with Crippen LogP contribution >= 0.6 is 8.03 Å². The van der Waals surface area contributed by atoms with Gasteiger partial charge in [-0.1, -0.05) is 49.8 Å². The van der Waals surface area contributed by atoms with Gasteiger partial charge in [0.2, 0.25) is 6.16 Å². The number of carboxylic acids is 1. The lowest BCUT2D eigenvalue weighted by atomic mass is 9.82. The van der Waals surface area contributed by atoms with E-state index < -0.39 is 26.5 Å². The zero-order chi connectivity index (χ0) is 20.5. The van der Waals surface area contributed by atoms with Gasteiger partial charge in [0.1, 0.15) is 12.7 Å². The van der Waals surface area contributed by atoms with Crippen LogP contribution in [0.15, 0.2) is 12.1 Å². The molecule has 1 aliphatic rings. The summed E-state index contributed by atoms with van der Waals surface area (Å²) in [4.78, 5) is 10.5. The van der Waals surface area contributed by atoms with Crippen LogP contribution in [0, 0.1) is 19.8 Å². The van der Waals surface area contributed by atoms with Gasteiger partial charge in [-0.2, -0.15) is 0 Å². The van der Waals surface area contributed by atoms with Crippen molar-refractivity contribution in [3.63, 3.8) is 0 Å². The van der Waals surface area contributed by atoms with E-state index in [0.29, 0.717) is 6.61 Å². The second-order valence-electron chi connectivity index (χ2n) is 8.13. The summed E-state index contributed by atoms with van der Waals surface area (Å²) in [6.07, 6.45) is 7.86. The molecular weight excluding hydrogens is 375 g/mol. The molecule has 1 fully saturated rings. The lowest BCUT2D eigenvalue weighted by Gasteiger charge is -2.24. The Morgan fingerprint density at radius 1 is 1.25 bits per heavy atom. The highest BCUT2D eigenvalue weighted by atomic mass is 31.1. The molecule has 0 heterocycles. The maximum Gasteiger partial charge on any atom is 0.510 e. The minimum absolute atomic E-state index is 0.127. The Morgan fingerprint density at radius 3 is 2.64 bits per heavy atom. The predicted octanol–water partition coefficient (Wildman–Crippen LogP) is 4.95. The average Bonchev–Trinajstić information content (AvgIpc) is 2.60. The van der Waals surface area contributed by atoms with Crippen molar-refractivity contribution in [2.45, 2.75) is 77.7 Å². The summed E-state index contributed by atoms with van der Waals surface area (Å²) in [5.41, 5.74) is 5.46. The molecule has 0 aliphatic heterocycles. The van der Waals surface area contributed by atoms with E-state index in [0.717, 1.165) is 25.2 Å². The van der Waals surface area contributed by atoms with Crippen molar-refractivity contribution in [1.82, 2.24) is 0 Å². The topological polar surface area (TPSA) is 83.8 Å². The number of hydrogen-bond donors (Lipinski definition) is 2. The van der Waals surface area contributed by atoms with Crippen LogP contribution in [0.25, 0.3) is 0 Å². The second-order valence-corrected chi connectivity index (χ2v) is 9.42. The minimum Gasteiger partial charge on any atom is -0.481 e. The van der Waals surface area contributed by atoms with Crippen LogP contribution in [0.3, 0.4) is 0 Å². The van der Waals surface area contributed by atoms with Crippen LogP contribution in [0.4, 0.5) is 0 Å². The molecule has 6 heteroatoms. The van der Waals surface area contributed by atoms with Gasteiger partial charge in [-0.05, 0) is 60.3 Å². The monoisotopic (exact) mass is 409 g/mol. The molecular formula is C22H34O5P+. The molecule has 1 aliphatic carbocycles. The van der Waals surface area contributed by atoms with Gasteiger partial charge >= 0.3 is 14.0 Å². The molecule has 0 bridgehead atoms. The Labute approximate surface area is 169 Å². The van der Waals surface area contributed by atoms with E-state index in [1.54, 1.807) is 0 Å². The number of aliphatic hydroxyl groups excluding tert-OH is 1. The van der Waals surface area contributed by atoms with Gasteiger partial charge in [-0.15, -0.1) is 4.52 Å². The first kappa shape index (κ1) is 23.0. The summed E-state index contributed by atoms with van der Waals surface area (Å²) < 4.78 is 17.2. The SMILES string of the molecule is Cc1cc(C)c(CCCO[P+](=O)CC(O)CC(=O)O)c(CC2CCCCC2)c1. The summed E-state index contributed by atoms with van der Waals surface area (Å²) >= 11 is 0. The first-order valence-corrected chi connectivity index (χ1v) is 11.8. The number of hydrogen-bond acceptors (Lipinski definition) is 4. The third-order valence-corrected chi connectivity index (χ3v) is 6.71. The highest BCUT2D eigenvalue weighted by Crippen LogP contribution is 2.30. The van der Waals surface area contributed by atoms with Crippen LogP contribution in [-0.4, -0.2) is 35.1 Å². The largest absolute Gasteiger partial charge is 0.510 e. The van der Waals surface area contributed by atoms with Crippen LogP contribution in [0.2, 0.25) is 0 Å². The summed E-state index contributed by atoms with van der Waals surface area (Å²) in [5.74, 6) is -0.314. The van der Waals surface area contributed by atoms with E-state index in [9.17, 15) is 14.5 Å². The first-order valence-electron chi connectivity index (χ1n) is 10.4. The molecule has 2 rings (SSSR count). The molecule has 0 saturated heterocycles. The molecule has 0 spiro atoms. The molecule has 0 amide bonds. The van der Waals surface area contributed by atoms with Gasteiger partial charge in [0, 0.05) is 0 Å². The molecule has 5 nitrogen and oxygen atoms in total. The zero-order valence-electron chi connectivity index (χ0n) is 17.2. The number of aliphatic carboxylic acids is 1. The predicted molar refractivity (Wildman–Crippen MR) is 111 cm³/mol. The summed E-state index contributed by atoms with van der Waals surface area (Å²) in [6.45, 7) is 4.67. The number of aryl methyl sites for hydroxylation is 2.